The van der Waals surface area contributed by atoms with E-state index in [1.54, 1.807) is 17.0 Å². The fourth-order valence-electron chi connectivity index (χ4n) is 4.91. The average molecular weight is 542 g/mol. The van der Waals surface area contributed by atoms with Crippen LogP contribution in [0.1, 0.15) is 35.8 Å². The van der Waals surface area contributed by atoms with Crippen LogP contribution in [0, 0.1) is 11.3 Å². The molecule has 10 heteroatoms. The van der Waals surface area contributed by atoms with Gasteiger partial charge in [-0.1, -0.05) is 54.1 Å². The lowest BCUT2D eigenvalue weighted by molar-refractivity contribution is -0.118. The van der Waals surface area contributed by atoms with Gasteiger partial charge < -0.3 is 20.5 Å². The molecule has 1 aliphatic heterocycles. The molecule has 198 valence electrons. The molecule has 9 nitrogen and oxygen atoms in total. The number of piperidine rings is 1. The number of carbonyl (C=O) groups excluding carboxylic acids is 2. The molecule has 5 rings (SSSR count). The van der Waals surface area contributed by atoms with Gasteiger partial charge in [0.2, 0.25) is 5.91 Å². The zero-order valence-corrected chi connectivity index (χ0v) is 22.3. The van der Waals surface area contributed by atoms with Gasteiger partial charge >= 0.3 is 0 Å². The second-order valence-electron chi connectivity index (χ2n) is 9.61. The molecule has 3 heterocycles. The quantitative estimate of drug-likeness (QED) is 0.295. The number of aromatic amines is 1. The Kier molecular flexibility index (Phi) is 7.48. The van der Waals surface area contributed by atoms with Gasteiger partial charge in [0.25, 0.3) is 5.91 Å². The zero-order valence-electron chi connectivity index (χ0n) is 21.5. The van der Waals surface area contributed by atoms with E-state index in [-0.39, 0.29) is 11.8 Å². The lowest BCUT2D eigenvalue weighted by Gasteiger charge is -2.37. The van der Waals surface area contributed by atoms with Crippen molar-refractivity contribution in [1.82, 2.24) is 25.2 Å². The third-order valence-electron chi connectivity index (χ3n) is 7.04. The van der Waals surface area contributed by atoms with Crippen LogP contribution in [-0.4, -0.2) is 57.8 Å². The highest BCUT2D eigenvalue weighted by atomic mass is 35.5. The molecule has 1 saturated heterocycles. The number of halogens is 1. The Morgan fingerprint density at radius 2 is 1.85 bits per heavy atom. The molecule has 3 N–H and O–H groups in total. The Morgan fingerprint density at radius 1 is 1.08 bits per heavy atom. The van der Waals surface area contributed by atoms with Gasteiger partial charge in [0.15, 0.2) is 5.82 Å². The fourth-order valence-corrected chi connectivity index (χ4v) is 5.10. The van der Waals surface area contributed by atoms with Crippen LogP contribution in [0.25, 0.3) is 22.4 Å². The number of likely N-dealkylation sites (tertiary alicyclic amines) is 1. The number of nitrogens with one attached hydrogen (secondary N) is 3. The molecule has 2 amide bonds. The molecule has 0 unspecified atom stereocenters. The SMILES string of the molecule is CC(=O)NCCNc1nc(-c2ccccc2)nc2[nH]c(C(=O)N3CCC(C#N)(c4cccc(Cl)c4)CC3)cc12. The first kappa shape index (κ1) is 26.2. The Hall–Kier alpha value is -4.42. The second-order valence-corrected chi connectivity index (χ2v) is 10.0. The first-order chi connectivity index (χ1) is 18.9. The van der Waals surface area contributed by atoms with Gasteiger partial charge in [-0.15, -0.1) is 0 Å². The second kappa shape index (κ2) is 11.1. The summed E-state index contributed by atoms with van der Waals surface area (Å²) in [5.41, 5.74) is 1.99. The Bertz CT molecular complexity index is 1550. The molecule has 4 aromatic rings. The maximum Gasteiger partial charge on any atom is 0.270 e. The van der Waals surface area contributed by atoms with Crippen molar-refractivity contribution in [3.63, 3.8) is 0 Å². The van der Waals surface area contributed by atoms with Crippen LogP contribution in [0.4, 0.5) is 5.82 Å². The summed E-state index contributed by atoms with van der Waals surface area (Å²) in [6, 6.07) is 21.2. The smallest absolute Gasteiger partial charge is 0.270 e. The van der Waals surface area contributed by atoms with Crippen molar-refractivity contribution < 1.29 is 9.59 Å². The molecule has 0 saturated carbocycles. The molecule has 2 aromatic carbocycles. The van der Waals surface area contributed by atoms with E-state index in [4.69, 9.17) is 21.6 Å². The normalized spacial score (nSPS) is 14.5. The number of benzene rings is 2. The first-order valence-corrected chi connectivity index (χ1v) is 13.2. The van der Waals surface area contributed by atoms with Crippen LogP contribution in [-0.2, 0) is 10.2 Å². The van der Waals surface area contributed by atoms with Gasteiger partial charge in [-0.3, -0.25) is 9.59 Å². The standard InChI is InChI=1S/C29H28ClN7O2/c1-19(38)32-12-13-33-26-23-17-24(34-27(23)36-25(35-26)20-6-3-2-4-7-20)28(39)37-14-10-29(18-31,11-15-37)21-8-5-9-22(30)16-21/h2-9,16-17H,10-15H2,1H3,(H,32,38)(H2,33,34,35,36). The molecule has 0 bridgehead atoms. The Morgan fingerprint density at radius 3 is 2.54 bits per heavy atom. The highest BCUT2D eigenvalue weighted by Crippen LogP contribution is 2.36. The molecular formula is C29H28ClN7O2. The predicted octanol–water partition coefficient (Wildman–Crippen LogP) is 4.52. The maximum atomic E-state index is 13.5. The molecule has 0 spiro atoms. The van der Waals surface area contributed by atoms with E-state index in [1.165, 1.54) is 6.92 Å². The van der Waals surface area contributed by atoms with E-state index in [2.05, 4.69) is 21.7 Å². The predicted molar refractivity (Wildman–Crippen MR) is 150 cm³/mol. The average Bonchev–Trinajstić information content (AvgIpc) is 3.40. The summed E-state index contributed by atoms with van der Waals surface area (Å²) >= 11 is 6.18. The molecule has 2 aromatic heterocycles. The summed E-state index contributed by atoms with van der Waals surface area (Å²) in [4.78, 5) is 39.2. The minimum absolute atomic E-state index is 0.110. The molecule has 1 aliphatic rings. The number of H-pyrrole nitrogens is 1. The number of nitrogens with zero attached hydrogens (tertiary/aromatic N) is 4. The van der Waals surface area contributed by atoms with Gasteiger partial charge in [-0.05, 0) is 36.6 Å². The summed E-state index contributed by atoms with van der Waals surface area (Å²) in [5, 5.41) is 17.3. The highest BCUT2D eigenvalue weighted by molar-refractivity contribution is 6.30. The van der Waals surface area contributed by atoms with Crippen LogP contribution >= 0.6 is 11.6 Å². The van der Waals surface area contributed by atoms with E-state index in [1.807, 2.05) is 48.5 Å². The monoisotopic (exact) mass is 541 g/mol. The van der Waals surface area contributed by atoms with Gasteiger partial charge in [0, 0.05) is 43.7 Å². The first-order valence-electron chi connectivity index (χ1n) is 12.8. The van der Waals surface area contributed by atoms with Crippen LogP contribution < -0.4 is 10.6 Å². The molecular weight excluding hydrogens is 514 g/mol. The molecule has 0 radical (unpaired) electrons. The van der Waals surface area contributed by atoms with Crippen molar-refractivity contribution in [2.75, 3.05) is 31.5 Å². The molecule has 0 atom stereocenters. The Balaban J connectivity index is 1.39. The highest BCUT2D eigenvalue weighted by Gasteiger charge is 2.38. The lowest BCUT2D eigenvalue weighted by atomic mass is 9.74. The number of nitriles is 1. The van der Waals surface area contributed by atoms with Gasteiger partial charge in [0.1, 0.15) is 17.2 Å². The minimum atomic E-state index is -0.677. The van der Waals surface area contributed by atoms with E-state index in [9.17, 15) is 14.9 Å². The minimum Gasteiger partial charge on any atom is -0.368 e. The van der Waals surface area contributed by atoms with Crippen molar-refractivity contribution in [1.29, 1.82) is 5.26 Å². The number of amides is 2. The van der Waals surface area contributed by atoms with Crippen molar-refractivity contribution in [2.45, 2.75) is 25.2 Å². The number of carbonyl (C=O) groups is 2. The number of fused-ring (bicyclic) bond motifs is 1. The fraction of sp³-hybridized carbons (Fsp3) is 0.276. The van der Waals surface area contributed by atoms with E-state index >= 15 is 0 Å². The lowest BCUT2D eigenvalue weighted by Crippen LogP contribution is -2.44. The van der Waals surface area contributed by atoms with E-state index in [0.29, 0.717) is 72.4 Å². The summed E-state index contributed by atoms with van der Waals surface area (Å²) in [6.45, 7) is 3.24. The summed E-state index contributed by atoms with van der Waals surface area (Å²) in [5.74, 6) is 0.824. The zero-order chi connectivity index (χ0) is 27.4. The van der Waals surface area contributed by atoms with Crippen molar-refractivity contribution >= 4 is 40.3 Å². The summed E-state index contributed by atoms with van der Waals surface area (Å²) < 4.78 is 0. The largest absolute Gasteiger partial charge is 0.368 e. The van der Waals surface area contributed by atoms with Gasteiger partial charge in [0.05, 0.1) is 16.9 Å². The Labute approximate surface area is 231 Å². The van der Waals surface area contributed by atoms with E-state index in [0.717, 1.165) is 11.1 Å². The topological polar surface area (TPSA) is 127 Å². The third-order valence-corrected chi connectivity index (χ3v) is 7.27. The van der Waals surface area contributed by atoms with Crippen molar-refractivity contribution in [3.05, 3.63) is 76.9 Å². The maximum absolute atomic E-state index is 13.5. The number of rotatable bonds is 7. The summed E-state index contributed by atoms with van der Waals surface area (Å²) in [7, 11) is 0. The number of aromatic nitrogens is 3. The van der Waals surface area contributed by atoms with Gasteiger partial charge in [-0.2, -0.15) is 5.26 Å². The number of hydrogen-bond donors (Lipinski definition) is 3. The number of hydrogen-bond acceptors (Lipinski definition) is 6. The van der Waals surface area contributed by atoms with Crippen molar-refractivity contribution in [2.24, 2.45) is 0 Å². The van der Waals surface area contributed by atoms with Gasteiger partial charge in [-0.25, -0.2) is 9.97 Å². The summed E-state index contributed by atoms with van der Waals surface area (Å²) in [6.07, 6.45) is 1.04. The molecule has 0 aliphatic carbocycles. The van der Waals surface area contributed by atoms with Crippen molar-refractivity contribution in [3.8, 4) is 17.5 Å². The van der Waals surface area contributed by atoms with Crippen LogP contribution in [0.5, 0.6) is 0 Å². The molecule has 39 heavy (non-hydrogen) atoms. The van der Waals surface area contributed by atoms with Crippen LogP contribution in [0.15, 0.2) is 60.7 Å². The van der Waals surface area contributed by atoms with Crippen LogP contribution in [0.2, 0.25) is 5.02 Å². The van der Waals surface area contributed by atoms with Crippen LogP contribution in [0.3, 0.4) is 0 Å². The third kappa shape index (κ3) is 5.56. The molecule has 1 fully saturated rings. The van der Waals surface area contributed by atoms with E-state index < -0.39 is 5.41 Å². The number of anilines is 1.